The molecule has 0 aliphatic rings. The molecule has 0 spiro atoms. The van der Waals surface area contributed by atoms with Crippen molar-refractivity contribution >= 4 is 0 Å². The lowest BCUT2D eigenvalue weighted by Crippen LogP contribution is -2.19. The van der Waals surface area contributed by atoms with E-state index < -0.39 is 0 Å². The third-order valence-electron chi connectivity index (χ3n) is 2.31. The first-order valence-corrected chi connectivity index (χ1v) is 5.06. The van der Waals surface area contributed by atoms with Crippen molar-refractivity contribution in [1.29, 1.82) is 0 Å². The summed E-state index contributed by atoms with van der Waals surface area (Å²) in [6, 6.07) is 2.11. The Morgan fingerprint density at radius 1 is 1.43 bits per heavy atom. The second-order valence-corrected chi connectivity index (χ2v) is 5.10. The van der Waals surface area contributed by atoms with Gasteiger partial charge in [-0.15, -0.1) is 0 Å². The van der Waals surface area contributed by atoms with Crippen molar-refractivity contribution in [3.05, 3.63) is 29.6 Å². The Balaban J connectivity index is 2.80. The number of hydrogen-bond donors (Lipinski definition) is 1. The zero-order valence-electron chi connectivity index (χ0n) is 9.54. The number of rotatable bonds is 2. The molecule has 14 heavy (non-hydrogen) atoms. The maximum atomic E-state index is 6.14. The number of hydrogen-bond acceptors (Lipinski definition) is 2. The SMILES string of the molecule is Cc1ccncc1C(N)CC(C)(C)C. The molecule has 1 aromatic heterocycles. The van der Waals surface area contributed by atoms with Crippen LogP contribution in [0.2, 0.25) is 0 Å². The average molecular weight is 192 g/mol. The number of nitrogens with zero attached hydrogens (tertiary/aromatic N) is 1. The molecular formula is C12H20N2. The van der Waals surface area contributed by atoms with Crippen LogP contribution in [0.3, 0.4) is 0 Å². The van der Waals surface area contributed by atoms with Crippen molar-refractivity contribution in [2.75, 3.05) is 0 Å². The highest BCUT2D eigenvalue weighted by Gasteiger charge is 2.18. The summed E-state index contributed by atoms with van der Waals surface area (Å²) < 4.78 is 0. The number of nitrogens with two attached hydrogens (primary N) is 1. The molecular weight excluding hydrogens is 172 g/mol. The fourth-order valence-electron chi connectivity index (χ4n) is 1.63. The predicted octanol–water partition coefficient (Wildman–Crippen LogP) is 2.83. The highest BCUT2D eigenvalue weighted by Crippen LogP contribution is 2.28. The smallest absolute Gasteiger partial charge is 0.0318 e. The lowest BCUT2D eigenvalue weighted by Gasteiger charge is -2.24. The van der Waals surface area contributed by atoms with Crippen LogP contribution in [0.25, 0.3) is 0 Å². The molecule has 0 radical (unpaired) electrons. The molecule has 0 aliphatic heterocycles. The van der Waals surface area contributed by atoms with Gasteiger partial charge >= 0.3 is 0 Å². The van der Waals surface area contributed by atoms with Crippen LogP contribution < -0.4 is 5.73 Å². The fraction of sp³-hybridized carbons (Fsp3) is 0.583. The van der Waals surface area contributed by atoms with Gasteiger partial charge in [-0.05, 0) is 36.0 Å². The van der Waals surface area contributed by atoms with E-state index in [1.165, 1.54) is 11.1 Å². The van der Waals surface area contributed by atoms with Crippen LogP contribution in [0.1, 0.15) is 44.4 Å². The van der Waals surface area contributed by atoms with E-state index in [0.717, 1.165) is 6.42 Å². The van der Waals surface area contributed by atoms with Gasteiger partial charge in [0.05, 0.1) is 0 Å². The van der Waals surface area contributed by atoms with E-state index in [-0.39, 0.29) is 11.5 Å². The molecule has 2 nitrogen and oxygen atoms in total. The summed E-state index contributed by atoms with van der Waals surface area (Å²) >= 11 is 0. The highest BCUT2D eigenvalue weighted by molar-refractivity contribution is 5.24. The van der Waals surface area contributed by atoms with E-state index >= 15 is 0 Å². The fourth-order valence-corrected chi connectivity index (χ4v) is 1.63. The standard InChI is InChI=1S/C12H20N2/c1-9-5-6-14-8-10(9)11(13)7-12(2,3)4/h5-6,8,11H,7,13H2,1-4H3. The van der Waals surface area contributed by atoms with E-state index in [2.05, 4.69) is 32.7 Å². The maximum absolute atomic E-state index is 6.14. The lowest BCUT2D eigenvalue weighted by atomic mass is 9.85. The quantitative estimate of drug-likeness (QED) is 0.782. The van der Waals surface area contributed by atoms with Crippen LogP contribution in [-0.2, 0) is 0 Å². The molecule has 0 aliphatic carbocycles. The minimum Gasteiger partial charge on any atom is -0.324 e. The van der Waals surface area contributed by atoms with Gasteiger partial charge in [-0.1, -0.05) is 20.8 Å². The average Bonchev–Trinajstić information content (AvgIpc) is 2.01. The third kappa shape index (κ3) is 3.11. The highest BCUT2D eigenvalue weighted by atomic mass is 14.7. The van der Waals surface area contributed by atoms with E-state index in [1.54, 1.807) is 0 Å². The minimum absolute atomic E-state index is 0.101. The molecule has 1 aromatic rings. The molecule has 2 heteroatoms. The second kappa shape index (κ2) is 4.09. The summed E-state index contributed by atoms with van der Waals surface area (Å²) in [5, 5.41) is 0. The van der Waals surface area contributed by atoms with Gasteiger partial charge in [-0.2, -0.15) is 0 Å². The van der Waals surface area contributed by atoms with E-state index in [1.807, 2.05) is 18.5 Å². The van der Waals surface area contributed by atoms with Crippen molar-refractivity contribution < 1.29 is 0 Å². The summed E-state index contributed by atoms with van der Waals surface area (Å²) in [5.74, 6) is 0. The van der Waals surface area contributed by atoms with Crippen LogP contribution >= 0.6 is 0 Å². The first kappa shape index (κ1) is 11.2. The number of aromatic nitrogens is 1. The zero-order valence-corrected chi connectivity index (χ0v) is 9.54. The van der Waals surface area contributed by atoms with Crippen molar-refractivity contribution in [3.63, 3.8) is 0 Å². The molecule has 0 bridgehead atoms. The Morgan fingerprint density at radius 2 is 2.07 bits per heavy atom. The Morgan fingerprint density at radius 3 is 2.57 bits per heavy atom. The summed E-state index contributed by atoms with van der Waals surface area (Å²) in [6.07, 6.45) is 4.67. The molecule has 0 fully saturated rings. The molecule has 0 saturated carbocycles. The van der Waals surface area contributed by atoms with Gasteiger partial charge in [-0.3, -0.25) is 4.98 Å². The number of aryl methyl sites for hydroxylation is 1. The molecule has 0 aromatic carbocycles. The van der Waals surface area contributed by atoms with Crippen molar-refractivity contribution in [2.24, 2.45) is 11.1 Å². The molecule has 1 heterocycles. The van der Waals surface area contributed by atoms with Crippen LogP contribution in [0.4, 0.5) is 0 Å². The maximum Gasteiger partial charge on any atom is 0.0318 e. The van der Waals surface area contributed by atoms with Crippen molar-refractivity contribution in [2.45, 2.75) is 40.2 Å². The van der Waals surface area contributed by atoms with E-state index in [4.69, 9.17) is 5.73 Å². The second-order valence-electron chi connectivity index (χ2n) is 5.10. The molecule has 1 rings (SSSR count). The monoisotopic (exact) mass is 192 g/mol. The van der Waals surface area contributed by atoms with Gasteiger partial charge < -0.3 is 5.73 Å². The summed E-state index contributed by atoms with van der Waals surface area (Å²) in [4.78, 5) is 4.12. The molecule has 2 N–H and O–H groups in total. The van der Waals surface area contributed by atoms with Gasteiger partial charge in [0.2, 0.25) is 0 Å². The predicted molar refractivity (Wildman–Crippen MR) is 60.0 cm³/mol. The van der Waals surface area contributed by atoms with Gasteiger partial charge in [0.15, 0.2) is 0 Å². The van der Waals surface area contributed by atoms with Crippen molar-refractivity contribution in [3.8, 4) is 0 Å². The third-order valence-corrected chi connectivity index (χ3v) is 2.31. The van der Waals surface area contributed by atoms with Crippen LogP contribution in [-0.4, -0.2) is 4.98 Å². The summed E-state index contributed by atoms with van der Waals surface area (Å²) in [7, 11) is 0. The Kier molecular flexibility index (Phi) is 3.27. The van der Waals surface area contributed by atoms with Gasteiger partial charge in [0.25, 0.3) is 0 Å². The lowest BCUT2D eigenvalue weighted by molar-refractivity contribution is 0.342. The van der Waals surface area contributed by atoms with Gasteiger partial charge in [0.1, 0.15) is 0 Å². The first-order valence-electron chi connectivity index (χ1n) is 5.06. The zero-order chi connectivity index (χ0) is 10.8. The summed E-state index contributed by atoms with van der Waals surface area (Å²) in [6.45, 7) is 8.70. The van der Waals surface area contributed by atoms with Crippen LogP contribution in [0.5, 0.6) is 0 Å². The molecule has 1 unspecified atom stereocenters. The molecule has 78 valence electrons. The van der Waals surface area contributed by atoms with E-state index in [9.17, 15) is 0 Å². The topological polar surface area (TPSA) is 38.9 Å². The first-order chi connectivity index (χ1) is 6.40. The Hall–Kier alpha value is -0.890. The molecule has 0 saturated heterocycles. The summed E-state index contributed by atoms with van der Waals surface area (Å²) in [5.41, 5.74) is 8.81. The Labute approximate surface area is 86.5 Å². The molecule has 1 atom stereocenters. The minimum atomic E-state index is 0.101. The van der Waals surface area contributed by atoms with Crippen molar-refractivity contribution in [1.82, 2.24) is 4.98 Å². The number of pyridine rings is 1. The Bertz CT molecular complexity index is 299. The normalized spacial score (nSPS) is 14.1. The van der Waals surface area contributed by atoms with Crippen LogP contribution in [0.15, 0.2) is 18.5 Å². The van der Waals surface area contributed by atoms with Gasteiger partial charge in [0, 0.05) is 18.4 Å². The van der Waals surface area contributed by atoms with E-state index in [0.29, 0.717) is 0 Å². The largest absolute Gasteiger partial charge is 0.324 e. The van der Waals surface area contributed by atoms with Crippen LogP contribution in [0, 0.1) is 12.3 Å². The molecule has 0 amide bonds. The van der Waals surface area contributed by atoms with Gasteiger partial charge in [-0.25, -0.2) is 0 Å².